The molecular weight excluding hydrogens is 180 g/mol. The fourth-order valence-corrected chi connectivity index (χ4v) is 0.959. The maximum Gasteiger partial charge on any atom is 0.115 e. The fraction of sp³-hybridized carbons (Fsp3) is 0.143. The molecule has 0 aliphatic heterocycles. The first-order chi connectivity index (χ1) is 4.33. The predicted molar refractivity (Wildman–Crippen MR) is 40.7 cm³/mol. The summed E-state index contributed by atoms with van der Waals surface area (Å²) in [5.41, 5.74) is 1.17. The quantitative estimate of drug-likeness (QED) is 0.668. The molecule has 0 saturated heterocycles. The molecule has 48 valence electrons. The van der Waals surface area contributed by atoms with Crippen LogP contribution >= 0.6 is 15.9 Å². The normalized spacial score (nSPS) is 9.44. The molecule has 0 amide bonds. The Balaban J connectivity index is 2.88. The standard InChI is InChI=1S/C7H7BrO/c8-5-6-1-3-7(9)4-2-6/h1-4,9H,5H2. The molecule has 2 heteroatoms. The van der Waals surface area contributed by atoms with E-state index in [1.165, 1.54) is 5.56 Å². The van der Waals surface area contributed by atoms with Crippen LogP contribution < -0.4 is 0 Å². The molecule has 0 atom stereocenters. The number of hydrogen-bond donors (Lipinski definition) is 1. The van der Waals surface area contributed by atoms with Crippen LogP contribution in [0, 0.1) is 0 Å². The van der Waals surface area contributed by atoms with Crippen molar-refractivity contribution in [3.63, 3.8) is 0 Å². The zero-order valence-corrected chi connectivity index (χ0v) is 6.43. The van der Waals surface area contributed by atoms with Gasteiger partial charge in [0.25, 0.3) is 0 Å². The van der Waals surface area contributed by atoms with Gasteiger partial charge in [0.2, 0.25) is 0 Å². The predicted octanol–water partition coefficient (Wildman–Crippen LogP) is 2.29. The molecule has 0 radical (unpaired) electrons. The van der Waals surface area contributed by atoms with Crippen LogP contribution in [-0.2, 0) is 5.33 Å². The van der Waals surface area contributed by atoms with Crippen molar-refractivity contribution in [1.29, 1.82) is 0 Å². The van der Waals surface area contributed by atoms with E-state index in [4.69, 9.17) is 5.11 Å². The van der Waals surface area contributed by atoms with Crippen molar-refractivity contribution >= 4 is 15.9 Å². The highest BCUT2D eigenvalue weighted by molar-refractivity contribution is 9.08. The van der Waals surface area contributed by atoms with Crippen LogP contribution in [0.15, 0.2) is 24.3 Å². The lowest BCUT2D eigenvalue weighted by Crippen LogP contribution is -1.72. The molecule has 1 rings (SSSR count). The third kappa shape index (κ3) is 1.72. The summed E-state index contributed by atoms with van der Waals surface area (Å²) in [6, 6.07) is 7.11. The Labute approximate surface area is 62.5 Å². The van der Waals surface area contributed by atoms with Crippen LogP contribution in [0.25, 0.3) is 0 Å². The summed E-state index contributed by atoms with van der Waals surface area (Å²) < 4.78 is 0. The van der Waals surface area contributed by atoms with Crippen molar-refractivity contribution in [3.05, 3.63) is 29.8 Å². The van der Waals surface area contributed by atoms with Gasteiger partial charge in [-0.2, -0.15) is 0 Å². The van der Waals surface area contributed by atoms with Crippen LogP contribution in [0.5, 0.6) is 5.75 Å². The highest BCUT2D eigenvalue weighted by atomic mass is 79.9. The molecule has 0 aliphatic carbocycles. The molecule has 0 saturated carbocycles. The molecule has 1 nitrogen and oxygen atoms in total. The number of halogens is 1. The van der Waals surface area contributed by atoms with E-state index in [2.05, 4.69) is 15.9 Å². The number of hydrogen-bond acceptors (Lipinski definition) is 1. The van der Waals surface area contributed by atoms with Crippen molar-refractivity contribution in [2.75, 3.05) is 0 Å². The lowest BCUT2D eigenvalue weighted by atomic mass is 10.2. The topological polar surface area (TPSA) is 20.2 Å². The van der Waals surface area contributed by atoms with Crippen molar-refractivity contribution in [2.24, 2.45) is 0 Å². The van der Waals surface area contributed by atoms with E-state index in [0.717, 1.165) is 5.33 Å². The number of phenols is 1. The number of phenolic OH excluding ortho intramolecular Hbond substituents is 1. The molecular formula is C7H7BrO. The lowest BCUT2D eigenvalue weighted by Gasteiger charge is -1.92. The zero-order chi connectivity index (χ0) is 6.69. The van der Waals surface area contributed by atoms with Crippen LogP contribution in [0.3, 0.4) is 0 Å². The first-order valence-electron chi connectivity index (χ1n) is 2.67. The Morgan fingerprint density at radius 2 is 1.78 bits per heavy atom. The smallest absolute Gasteiger partial charge is 0.115 e. The largest absolute Gasteiger partial charge is 0.508 e. The van der Waals surface area contributed by atoms with Crippen molar-refractivity contribution < 1.29 is 5.11 Å². The van der Waals surface area contributed by atoms with Crippen molar-refractivity contribution in [3.8, 4) is 5.75 Å². The van der Waals surface area contributed by atoms with Crippen LogP contribution in [-0.4, -0.2) is 5.11 Å². The lowest BCUT2D eigenvalue weighted by molar-refractivity contribution is 0.475. The maximum atomic E-state index is 8.84. The van der Waals surface area contributed by atoms with E-state index < -0.39 is 0 Å². The Bertz CT molecular complexity index is 181. The van der Waals surface area contributed by atoms with Gasteiger partial charge in [-0.05, 0) is 17.7 Å². The molecule has 0 unspecified atom stereocenters. The monoisotopic (exact) mass is 186 g/mol. The molecule has 1 aromatic carbocycles. The minimum absolute atomic E-state index is 0.319. The van der Waals surface area contributed by atoms with E-state index in [0.29, 0.717) is 5.75 Å². The zero-order valence-electron chi connectivity index (χ0n) is 4.84. The van der Waals surface area contributed by atoms with E-state index in [1.807, 2.05) is 12.1 Å². The van der Waals surface area contributed by atoms with Gasteiger partial charge in [-0.25, -0.2) is 0 Å². The first-order valence-corrected chi connectivity index (χ1v) is 3.79. The van der Waals surface area contributed by atoms with Gasteiger partial charge in [0.15, 0.2) is 0 Å². The Morgan fingerprint density at radius 1 is 1.22 bits per heavy atom. The Kier molecular flexibility index (Phi) is 2.11. The Hall–Kier alpha value is -0.500. The summed E-state index contributed by atoms with van der Waals surface area (Å²) in [4.78, 5) is 0. The summed E-state index contributed by atoms with van der Waals surface area (Å²) in [6.45, 7) is 0. The van der Waals surface area contributed by atoms with Gasteiger partial charge in [0.05, 0.1) is 0 Å². The van der Waals surface area contributed by atoms with E-state index in [1.54, 1.807) is 12.1 Å². The van der Waals surface area contributed by atoms with Crippen LogP contribution in [0.2, 0.25) is 0 Å². The molecule has 0 heterocycles. The second-order valence-electron chi connectivity index (χ2n) is 1.80. The highest BCUT2D eigenvalue weighted by Crippen LogP contribution is 2.11. The van der Waals surface area contributed by atoms with Gasteiger partial charge in [-0.1, -0.05) is 28.1 Å². The minimum Gasteiger partial charge on any atom is -0.508 e. The van der Waals surface area contributed by atoms with Gasteiger partial charge in [0, 0.05) is 5.33 Å². The second kappa shape index (κ2) is 2.87. The third-order valence-electron chi connectivity index (χ3n) is 1.09. The molecule has 1 aromatic rings. The van der Waals surface area contributed by atoms with Gasteiger partial charge < -0.3 is 5.11 Å². The van der Waals surface area contributed by atoms with Crippen molar-refractivity contribution in [2.45, 2.75) is 5.33 Å². The summed E-state index contributed by atoms with van der Waals surface area (Å²) >= 11 is 3.30. The van der Waals surface area contributed by atoms with Gasteiger partial charge >= 0.3 is 0 Å². The molecule has 0 spiro atoms. The first kappa shape index (κ1) is 6.62. The second-order valence-corrected chi connectivity index (χ2v) is 2.36. The third-order valence-corrected chi connectivity index (χ3v) is 1.74. The number of benzene rings is 1. The van der Waals surface area contributed by atoms with E-state index in [9.17, 15) is 0 Å². The summed E-state index contributed by atoms with van der Waals surface area (Å²) in [5, 5.41) is 9.68. The van der Waals surface area contributed by atoms with E-state index in [-0.39, 0.29) is 0 Å². The number of aromatic hydroxyl groups is 1. The molecule has 0 aromatic heterocycles. The fourth-order valence-electron chi connectivity index (χ4n) is 0.585. The van der Waals surface area contributed by atoms with Crippen LogP contribution in [0.1, 0.15) is 5.56 Å². The Morgan fingerprint density at radius 3 is 2.22 bits per heavy atom. The molecule has 0 aliphatic rings. The molecule has 0 fully saturated rings. The summed E-state index contributed by atoms with van der Waals surface area (Å²) in [6.07, 6.45) is 0. The summed E-state index contributed by atoms with van der Waals surface area (Å²) in [7, 11) is 0. The van der Waals surface area contributed by atoms with Crippen molar-refractivity contribution in [1.82, 2.24) is 0 Å². The number of rotatable bonds is 1. The highest BCUT2D eigenvalue weighted by Gasteiger charge is 1.87. The van der Waals surface area contributed by atoms with Crippen LogP contribution in [0.4, 0.5) is 0 Å². The molecule has 1 N–H and O–H groups in total. The average Bonchev–Trinajstić information content (AvgIpc) is 1.90. The van der Waals surface area contributed by atoms with Gasteiger partial charge in [0.1, 0.15) is 5.75 Å². The molecule has 9 heavy (non-hydrogen) atoms. The number of alkyl halides is 1. The maximum absolute atomic E-state index is 8.84. The van der Waals surface area contributed by atoms with E-state index >= 15 is 0 Å². The van der Waals surface area contributed by atoms with Gasteiger partial charge in [-0.15, -0.1) is 0 Å². The average molecular weight is 187 g/mol. The SMILES string of the molecule is Oc1ccc(CBr)cc1. The minimum atomic E-state index is 0.319. The summed E-state index contributed by atoms with van der Waals surface area (Å²) in [5.74, 6) is 0.319. The molecule has 0 bridgehead atoms. The van der Waals surface area contributed by atoms with Gasteiger partial charge in [-0.3, -0.25) is 0 Å².